The number of halogens is 1. The lowest BCUT2D eigenvalue weighted by Crippen LogP contribution is -2.27. The van der Waals surface area contributed by atoms with Crippen molar-refractivity contribution >= 4 is 19.5 Å². The fourth-order valence-electron chi connectivity index (χ4n) is 2.51. The van der Waals surface area contributed by atoms with Crippen LogP contribution in [0.4, 0.5) is 4.39 Å². The zero-order chi connectivity index (χ0) is 21.3. The molecule has 7 nitrogen and oxygen atoms in total. The fourth-order valence-corrected chi connectivity index (χ4v) is 4.33. The molecular formula is C20H22FO7P. The fraction of sp³-hybridized carbons (Fsp3) is 0.300. The van der Waals surface area contributed by atoms with Gasteiger partial charge in [-0.2, -0.15) is 0 Å². The van der Waals surface area contributed by atoms with Crippen molar-refractivity contribution in [1.29, 1.82) is 0 Å². The predicted octanol–water partition coefficient (Wildman–Crippen LogP) is 4.13. The molecule has 0 radical (unpaired) electrons. The van der Waals surface area contributed by atoms with Crippen LogP contribution in [-0.4, -0.2) is 34.5 Å². The second kappa shape index (κ2) is 10.9. The van der Waals surface area contributed by atoms with Crippen molar-refractivity contribution in [2.75, 3.05) is 6.16 Å². The quantitative estimate of drug-likeness (QED) is 0.493. The molecule has 156 valence electrons. The highest BCUT2D eigenvalue weighted by Gasteiger charge is 2.36. The molecule has 2 atom stereocenters. The minimum Gasteiger partial charge on any atom is -0.481 e. The molecule has 0 spiro atoms. The number of hydrogen-bond donors (Lipinski definition) is 2. The van der Waals surface area contributed by atoms with Crippen LogP contribution < -0.4 is 0 Å². The van der Waals surface area contributed by atoms with Crippen LogP contribution in [-0.2, 0) is 36.4 Å². The van der Waals surface area contributed by atoms with Crippen molar-refractivity contribution in [3.63, 3.8) is 0 Å². The average molecular weight is 424 g/mol. The first-order chi connectivity index (χ1) is 13.8. The van der Waals surface area contributed by atoms with Crippen LogP contribution >= 0.6 is 7.60 Å². The van der Waals surface area contributed by atoms with Crippen molar-refractivity contribution < 1.29 is 37.8 Å². The Hall–Kier alpha value is -2.54. The van der Waals surface area contributed by atoms with Crippen LogP contribution in [0.1, 0.15) is 17.5 Å². The number of carbonyl (C=O) groups is 2. The van der Waals surface area contributed by atoms with Gasteiger partial charge >= 0.3 is 19.5 Å². The van der Waals surface area contributed by atoms with E-state index < -0.39 is 44.2 Å². The highest BCUT2D eigenvalue weighted by molar-refractivity contribution is 7.53. The first-order valence-corrected chi connectivity index (χ1v) is 10.6. The minimum atomic E-state index is -3.99. The maximum atomic E-state index is 13.6. The molecule has 0 fully saturated rings. The molecule has 2 N–H and O–H groups in total. The largest absolute Gasteiger partial charge is 0.481 e. The second-order valence-corrected chi connectivity index (χ2v) is 8.49. The molecule has 29 heavy (non-hydrogen) atoms. The Morgan fingerprint density at radius 2 is 1.31 bits per heavy atom. The summed E-state index contributed by atoms with van der Waals surface area (Å²) in [7, 11) is -3.99. The van der Waals surface area contributed by atoms with Crippen LogP contribution in [0.25, 0.3) is 0 Å². The van der Waals surface area contributed by atoms with E-state index in [9.17, 15) is 23.7 Å². The standard InChI is InChI=1S/C20H22FO7P/c21-18(20(24)25)11-17(19(22)23)14-29(26,27-12-15-7-3-1-4-8-15)28-13-16-9-5-2-6-10-16/h1-10,17-18H,11-14H2,(H,22,23)(H,24,25)/t17-,18+/m0/s1. The van der Waals surface area contributed by atoms with Crippen LogP contribution in [0.2, 0.25) is 0 Å². The third-order valence-corrected chi connectivity index (χ3v) is 6.03. The molecule has 2 aromatic rings. The van der Waals surface area contributed by atoms with Crippen molar-refractivity contribution in [3.05, 3.63) is 71.8 Å². The van der Waals surface area contributed by atoms with Crippen LogP contribution in [0.15, 0.2) is 60.7 Å². The molecule has 0 saturated heterocycles. The lowest BCUT2D eigenvalue weighted by Gasteiger charge is -2.22. The van der Waals surface area contributed by atoms with Gasteiger partial charge in [-0.15, -0.1) is 0 Å². The number of rotatable bonds is 12. The van der Waals surface area contributed by atoms with Gasteiger partial charge in [-0.3, -0.25) is 9.36 Å². The summed E-state index contributed by atoms with van der Waals surface area (Å²) in [4.78, 5) is 22.2. The van der Waals surface area contributed by atoms with E-state index in [1.807, 2.05) is 0 Å². The minimum absolute atomic E-state index is 0.1000. The molecule has 9 heteroatoms. The molecule has 0 aromatic heterocycles. The Balaban J connectivity index is 2.15. The molecular weight excluding hydrogens is 402 g/mol. The molecule has 0 bridgehead atoms. The third-order valence-electron chi connectivity index (χ3n) is 4.09. The van der Waals surface area contributed by atoms with Gasteiger partial charge in [0.1, 0.15) is 0 Å². The number of aliphatic carboxylic acids is 2. The van der Waals surface area contributed by atoms with Crippen molar-refractivity contribution in [2.45, 2.75) is 25.8 Å². The van der Waals surface area contributed by atoms with Crippen molar-refractivity contribution in [1.82, 2.24) is 0 Å². The summed E-state index contributed by atoms with van der Waals surface area (Å²) in [5.74, 6) is -4.79. The van der Waals surface area contributed by atoms with E-state index in [0.29, 0.717) is 11.1 Å². The van der Waals surface area contributed by atoms with Gasteiger partial charge in [0.2, 0.25) is 0 Å². The first kappa shape index (κ1) is 22.7. The molecule has 2 rings (SSSR count). The number of carboxylic acid groups (broad SMARTS) is 2. The predicted molar refractivity (Wildman–Crippen MR) is 103 cm³/mol. The van der Waals surface area contributed by atoms with Crippen molar-refractivity contribution in [3.8, 4) is 0 Å². The van der Waals surface area contributed by atoms with E-state index in [2.05, 4.69) is 0 Å². The molecule has 0 heterocycles. The van der Waals surface area contributed by atoms with E-state index in [-0.39, 0.29) is 13.2 Å². The Labute approximate surface area is 167 Å². The number of carboxylic acids is 2. The normalized spacial score (nSPS) is 13.6. The molecule has 2 aromatic carbocycles. The van der Waals surface area contributed by atoms with Gasteiger partial charge < -0.3 is 19.3 Å². The van der Waals surface area contributed by atoms with E-state index >= 15 is 0 Å². The highest BCUT2D eigenvalue weighted by atomic mass is 31.2. The molecule has 0 unspecified atom stereocenters. The summed E-state index contributed by atoms with van der Waals surface area (Å²) in [6.45, 7) is -0.200. The molecule has 0 aliphatic carbocycles. The Morgan fingerprint density at radius 1 is 0.862 bits per heavy atom. The number of hydrogen-bond acceptors (Lipinski definition) is 5. The SMILES string of the molecule is O=C(O)[C@@H](C[C@@H](F)C(=O)O)CP(=O)(OCc1ccccc1)OCc1ccccc1. The van der Waals surface area contributed by atoms with Crippen LogP contribution in [0.5, 0.6) is 0 Å². The maximum absolute atomic E-state index is 13.6. The van der Waals surface area contributed by atoms with Gasteiger partial charge in [0.25, 0.3) is 0 Å². The Kier molecular flexibility index (Phi) is 8.51. The molecule has 0 amide bonds. The van der Waals surface area contributed by atoms with Gasteiger partial charge in [0.15, 0.2) is 6.17 Å². The lowest BCUT2D eigenvalue weighted by atomic mass is 10.1. The lowest BCUT2D eigenvalue weighted by molar-refractivity contribution is -0.146. The summed E-state index contributed by atoms with van der Waals surface area (Å²) in [6.07, 6.45) is -3.87. The zero-order valence-electron chi connectivity index (χ0n) is 15.5. The zero-order valence-corrected chi connectivity index (χ0v) is 16.4. The maximum Gasteiger partial charge on any atom is 0.338 e. The number of alkyl halides is 1. The van der Waals surface area contributed by atoms with Gasteiger partial charge in [-0.1, -0.05) is 60.7 Å². The Morgan fingerprint density at radius 3 is 1.69 bits per heavy atom. The smallest absolute Gasteiger partial charge is 0.338 e. The van der Waals surface area contributed by atoms with E-state index in [1.165, 1.54) is 0 Å². The summed E-state index contributed by atoms with van der Waals surface area (Å²) >= 11 is 0. The van der Waals surface area contributed by atoms with Crippen molar-refractivity contribution in [2.24, 2.45) is 5.92 Å². The molecule has 0 aliphatic rings. The summed E-state index contributed by atoms with van der Waals surface area (Å²) in [6, 6.07) is 17.6. The first-order valence-electron chi connectivity index (χ1n) is 8.85. The monoisotopic (exact) mass is 424 g/mol. The molecule has 0 aliphatic heterocycles. The third kappa shape index (κ3) is 7.77. The van der Waals surface area contributed by atoms with Crippen LogP contribution in [0.3, 0.4) is 0 Å². The van der Waals surface area contributed by atoms with Crippen LogP contribution in [0, 0.1) is 5.92 Å². The highest BCUT2D eigenvalue weighted by Crippen LogP contribution is 2.52. The summed E-state index contributed by atoms with van der Waals surface area (Å²) in [5, 5.41) is 18.1. The van der Waals surface area contributed by atoms with Gasteiger partial charge in [-0.05, 0) is 11.1 Å². The Bertz CT molecular complexity index is 797. The van der Waals surface area contributed by atoms with E-state index in [0.717, 1.165) is 0 Å². The summed E-state index contributed by atoms with van der Waals surface area (Å²) in [5.41, 5.74) is 1.38. The average Bonchev–Trinajstić information content (AvgIpc) is 2.72. The van der Waals surface area contributed by atoms with Gasteiger partial charge in [0, 0.05) is 6.42 Å². The van der Waals surface area contributed by atoms with Gasteiger partial charge in [0.05, 0.1) is 25.3 Å². The summed E-state index contributed by atoms with van der Waals surface area (Å²) < 4.78 is 37.7. The number of benzene rings is 2. The second-order valence-electron chi connectivity index (χ2n) is 6.39. The molecule has 0 saturated carbocycles. The van der Waals surface area contributed by atoms with E-state index in [4.69, 9.17) is 14.2 Å². The van der Waals surface area contributed by atoms with E-state index in [1.54, 1.807) is 60.7 Å². The van der Waals surface area contributed by atoms with Gasteiger partial charge in [-0.25, -0.2) is 9.18 Å². The topological polar surface area (TPSA) is 110 Å².